The molecule has 0 atom stereocenters. The molecule has 0 saturated heterocycles. The molecule has 138 valence electrons. The minimum absolute atomic E-state index is 0. The van der Waals surface area contributed by atoms with Gasteiger partial charge in [-0.2, -0.15) is 0 Å². The van der Waals surface area contributed by atoms with Crippen molar-refractivity contribution in [2.75, 3.05) is 27.2 Å². The van der Waals surface area contributed by atoms with Gasteiger partial charge in [0.25, 0.3) is 0 Å². The van der Waals surface area contributed by atoms with Gasteiger partial charge in [-0.05, 0) is 31.3 Å². The third-order valence-electron chi connectivity index (χ3n) is 4.33. The van der Waals surface area contributed by atoms with Crippen molar-refractivity contribution in [2.24, 2.45) is 0 Å². The fourth-order valence-corrected chi connectivity index (χ4v) is 2.92. The number of fused-ring (bicyclic) bond motifs is 1. The molecule has 0 fully saturated rings. The van der Waals surface area contributed by atoms with Crippen LogP contribution in [0.25, 0.3) is 16.7 Å². The smallest absolute Gasteiger partial charge is 0.222 e. The fraction of sp³-hybridized carbons (Fsp3) is 0.300. The summed E-state index contributed by atoms with van der Waals surface area (Å²) in [5.74, 6) is 1.06. The second kappa shape index (κ2) is 9.36. The Kier molecular flexibility index (Phi) is 7.18. The Morgan fingerprint density at radius 2 is 1.81 bits per heavy atom. The number of likely N-dealkylation sites (N-methyl/N-ethyl adjacent to an activating group) is 2. The van der Waals surface area contributed by atoms with E-state index in [1.165, 1.54) is 0 Å². The highest BCUT2D eigenvalue weighted by molar-refractivity contribution is 5.85. The van der Waals surface area contributed by atoms with Gasteiger partial charge >= 0.3 is 0 Å². The zero-order chi connectivity index (χ0) is 17.6. The summed E-state index contributed by atoms with van der Waals surface area (Å²) in [6.07, 6.45) is 1.07. The molecule has 0 bridgehead atoms. The molecule has 1 heterocycles. The Morgan fingerprint density at radius 3 is 2.54 bits per heavy atom. The van der Waals surface area contributed by atoms with Crippen LogP contribution in [-0.4, -0.2) is 47.5 Å². The Hall–Kier alpha value is -2.37. The molecule has 3 rings (SSSR count). The van der Waals surface area contributed by atoms with Crippen molar-refractivity contribution >= 4 is 29.3 Å². The van der Waals surface area contributed by atoms with Crippen molar-refractivity contribution in [1.29, 1.82) is 0 Å². The van der Waals surface area contributed by atoms with E-state index in [1.54, 1.807) is 4.90 Å². The Balaban J connectivity index is 0.00000243. The normalized spacial score (nSPS) is 10.5. The molecule has 0 saturated carbocycles. The van der Waals surface area contributed by atoms with E-state index in [0.29, 0.717) is 19.4 Å². The Bertz CT molecular complexity index is 847. The maximum absolute atomic E-state index is 12.3. The highest BCUT2D eigenvalue weighted by atomic mass is 35.5. The second-order valence-corrected chi connectivity index (χ2v) is 6.11. The van der Waals surface area contributed by atoms with Crippen LogP contribution in [0.3, 0.4) is 0 Å². The van der Waals surface area contributed by atoms with Gasteiger partial charge in [-0.3, -0.25) is 9.36 Å². The van der Waals surface area contributed by atoms with Gasteiger partial charge in [0.1, 0.15) is 5.82 Å². The number of para-hydroxylation sites is 3. The number of aromatic nitrogens is 2. The minimum Gasteiger partial charge on any atom is -0.344 e. The molecule has 1 aromatic heterocycles. The van der Waals surface area contributed by atoms with E-state index in [9.17, 15) is 4.79 Å². The van der Waals surface area contributed by atoms with Gasteiger partial charge < -0.3 is 10.2 Å². The molecule has 0 spiro atoms. The van der Waals surface area contributed by atoms with Crippen LogP contribution in [0.1, 0.15) is 12.2 Å². The summed E-state index contributed by atoms with van der Waals surface area (Å²) < 4.78 is 2.15. The van der Waals surface area contributed by atoms with E-state index in [-0.39, 0.29) is 18.3 Å². The predicted octanol–water partition coefficient (Wildman–Crippen LogP) is 3.06. The van der Waals surface area contributed by atoms with Crippen molar-refractivity contribution in [3.8, 4) is 5.69 Å². The molecule has 0 radical (unpaired) electrons. The fourth-order valence-electron chi connectivity index (χ4n) is 2.92. The monoisotopic (exact) mass is 372 g/mol. The van der Waals surface area contributed by atoms with Gasteiger partial charge in [-0.25, -0.2) is 4.98 Å². The van der Waals surface area contributed by atoms with Crippen LogP contribution < -0.4 is 5.32 Å². The van der Waals surface area contributed by atoms with Gasteiger partial charge in [0.05, 0.1) is 11.0 Å². The summed E-state index contributed by atoms with van der Waals surface area (Å²) in [6.45, 7) is 1.51. The van der Waals surface area contributed by atoms with E-state index in [4.69, 9.17) is 4.98 Å². The summed E-state index contributed by atoms with van der Waals surface area (Å²) in [5, 5.41) is 3.07. The molecule has 2 aromatic carbocycles. The van der Waals surface area contributed by atoms with Crippen molar-refractivity contribution in [1.82, 2.24) is 19.8 Å². The number of imidazole rings is 1. The number of carbonyl (C=O) groups excluding carboxylic acids is 1. The minimum atomic E-state index is 0. The molecular formula is C20H25ClN4O. The molecule has 0 aliphatic heterocycles. The SMILES string of the molecule is CNCCN(C)C(=O)CCc1nc2ccccc2n1-c1ccccc1.Cl. The molecule has 3 aromatic rings. The highest BCUT2D eigenvalue weighted by Crippen LogP contribution is 2.22. The summed E-state index contributed by atoms with van der Waals surface area (Å²) in [4.78, 5) is 18.9. The number of halogens is 1. The summed E-state index contributed by atoms with van der Waals surface area (Å²) >= 11 is 0. The predicted molar refractivity (Wildman–Crippen MR) is 108 cm³/mol. The summed E-state index contributed by atoms with van der Waals surface area (Å²) in [7, 11) is 3.74. The lowest BCUT2D eigenvalue weighted by atomic mass is 10.2. The number of amides is 1. The first-order valence-corrected chi connectivity index (χ1v) is 8.61. The lowest BCUT2D eigenvalue weighted by molar-refractivity contribution is -0.129. The third-order valence-corrected chi connectivity index (χ3v) is 4.33. The molecular weight excluding hydrogens is 348 g/mol. The number of nitrogens with zero attached hydrogens (tertiary/aromatic N) is 3. The van der Waals surface area contributed by atoms with Crippen LogP contribution in [0.2, 0.25) is 0 Å². The van der Waals surface area contributed by atoms with Gasteiger partial charge in [0, 0.05) is 38.7 Å². The highest BCUT2D eigenvalue weighted by Gasteiger charge is 2.15. The van der Waals surface area contributed by atoms with E-state index in [1.807, 2.05) is 50.5 Å². The number of hydrogen-bond acceptors (Lipinski definition) is 3. The molecule has 6 heteroatoms. The van der Waals surface area contributed by atoms with Crippen LogP contribution in [0, 0.1) is 0 Å². The largest absolute Gasteiger partial charge is 0.344 e. The lowest BCUT2D eigenvalue weighted by Crippen LogP contribution is -2.33. The number of aryl methyl sites for hydroxylation is 1. The number of carbonyl (C=O) groups is 1. The zero-order valence-electron chi connectivity index (χ0n) is 15.2. The maximum atomic E-state index is 12.3. The van der Waals surface area contributed by atoms with Crippen molar-refractivity contribution in [2.45, 2.75) is 12.8 Å². The quantitative estimate of drug-likeness (QED) is 0.693. The first kappa shape index (κ1) is 19.9. The second-order valence-electron chi connectivity index (χ2n) is 6.11. The topological polar surface area (TPSA) is 50.2 Å². The first-order chi connectivity index (χ1) is 12.2. The summed E-state index contributed by atoms with van der Waals surface area (Å²) in [5.41, 5.74) is 3.10. The van der Waals surface area contributed by atoms with Crippen LogP contribution in [0.4, 0.5) is 0 Å². The molecule has 5 nitrogen and oxygen atoms in total. The number of hydrogen-bond donors (Lipinski definition) is 1. The average molecular weight is 373 g/mol. The van der Waals surface area contributed by atoms with E-state index >= 15 is 0 Å². The van der Waals surface area contributed by atoms with Crippen molar-refractivity contribution in [3.05, 3.63) is 60.4 Å². The van der Waals surface area contributed by atoms with E-state index in [2.05, 4.69) is 28.1 Å². The first-order valence-electron chi connectivity index (χ1n) is 8.61. The van der Waals surface area contributed by atoms with Gasteiger partial charge in [-0.1, -0.05) is 30.3 Å². The van der Waals surface area contributed by atoms with Crippen molar-refractivity contribution < 1.29 is 4.79 Å². The van der Waals surface area contributed by atoms with Crippen LogP contribution in [0.15, 0.2) is 54.6 Å². The standard InChI is InChI=1S/C20H24N4O.ClH/c1-21-14-15-23(2)20(25)13-12-19-22-17-10-6-7-11-18(17)24(19)16-8-4-3-5-9-16;/h3-11,21H,12-15H2,1-2H3;1H. The molecule has 0 unspecified atom stereocenters. The van der Waals surface area contributed by atoms with Crippen LogP contribution in [-0.2, 0) is 11.2 Å². The lowest BCUT2D eigenvalue weighted by Gasteiger charge is -2.17. The molecule has 0 aliphatic rings. The zero-order valence-corrected chi connectivity index (χ0v) is 16.0. The van der Waals surface area contributed by atoms with Crippen molar-refractivity contribution in [3.63, 3.8) is 0 Å². The Labute approximate surface area is 160 Å². The average Bonchev–Trinajstić information content (AvgIpc) is 3.03. The van der Waals surface area contributed by atoms with E-state index in [0.717, 1.165) is 29.1 Å². The molecule has 0 aliphatic carbocycles. The number of nitrogens with one attached hydrogen (secondary N) is 1. The number of benzene rings is 2. The van der Waals surface area contributed by atoms with E-state index < -0.39 is 0 Å². The maximum Gasteiger partial charge on any atom is 0.222 e. The molecule has 1 amide bonds. The summed E-state index contributed by atoms with van der Waals surface area (Å²) in [6, 6.07) is 18.3. The Morgan fingerprint density at radius 1 is 1.12 bits per heavy atom. The van der Waals surface area contributed by atoms with Crippen LogP contribution >= 0.6 is 12.4 Å². The molecule has 26 heavy (non-hydrogen) atoms. The van der Waals surface area contributed by atoms with Gasteiger partial charge in [0.15, 0.2) is 0 Å². The van der Waals surface area contributed by atoms with Crippen LogP contribution in [0.5, 0.6) is 0 Å². The van der Waals surface area contributed by atoms with Gasteiger partial charge in [-0.15, -0.1) is 12.4 Å². The third kappa shape index (κ3) is 4.42. The number of rotatable bonds is 7. The van der Waals surface area contributed by atoms with Gasteiger partial charge in [0.2, 0.25) is 5.91 Å². The molecule has 1 N–H and O–H groups in total.